The monoisotopic (exact) mass is 349 g/mol. The normalized spacial score (nSPS) is 28.1. The van der Waals surface area contributed by atoms with Gasteiger partial charge >= 0.3 is 0 Å². The van der Waals surface area contributed by atoms with Crippen molar-refractivity contribution in [2.75, 3.05) is 18.8 Å². The molecule has 1 aromatic rings. The molecular formula is C17H27N5OS. The molecule has 2 heterocycles. The van der Waals surface area contributed by atoms with Crippen molar-refractivity contribution in [3.63, 3.8) is 0 Å². The Labute approximate surface area is 147 Å². The molecule has 1 amide bonds. The molecular weight excluding hydrogens is 322 g/mol. The van der Waals surface area contributed by atoms with Gasteiger partial charge in [0.2, 0.25) is 11.1 Å². The molecule has 0 unspecified atom stereocenters. The molecule has 0 radical (unpaired) electrons. The minimum absolute atomic E-state index is 0.255. The highest BCUT2D eigenvalue weighted by molar-refractivity contribution is 7.99. The van der Waals surface area contributed by atoms with E-state index in [4.69, 9.17) is 0 Å². The smallest absolute Gasteiger partial charge is 0.233 e. The number of fused-ring (bicyclic) bond motifs is 1. The summed E-state index contributed by atoms with van der Waals surface area (Å²) in [7, 11) is 0. The van der Waals surface area contributed by atoms with E-state index in [1.54, 1.807) is 0 Å². The molecule has 0 N–H and O–H groups in total. The molecule has 2 atom stereocenters. The number of hydrogen-bond acceptors (Lipinski definition) is 5. The first-order valence-corrected chi connectivity index (χ1v) is 10.5. The first kappa shape index (κ1) is 16.4. The molecule has 0 spiro atoms. The third-order valence-corrected chi connectivity index (χ3v) is 7.02. The Hall–Kier alpha value is -1.11. The zero-order valence-corrected chi connectivity index (χ0v) is 15.1. The van der Waals surface area contributed by atoms with Gasteiger partial charge in [-0.1, -0.05) is 43.9 Å². The number of carbonyl (C=O) groups is 1. The van der Waals surface area contributed by atoms with Crippen molar-refractivity contribution in [3.05, 3.63) is 0 Å². The largest absolute Gasteiger partial charge is 0.342 e. The van der Waals surface area contributed by atoms with Crippen LogP contribution >= 0.6 is 11.8 Å². The van der Waals surface area contributed by atoms with Gasteiger partial charge in [0.15, 0.2) is 0 Å². The Morgan fingerprint density at radius 2 is 1.79 bits per heavy atom. The molecule has 3 aliphatic rings. The quantitative estimate of drug-likeness (QED) is 0.782. The molecule has 1 aromatic heterocycles. The topological polar surface area (TPSA) is 63.9 Å². The molecule has 0 aromatic carbocycles. The highest BCUT2D eigenvalue weighted by Crippen LogP contribution is 2.36. The van der Waals surface area contributed by atoms with Crippen LogP contribution in [0.2, 0.25) is 0 Å². The third-order valence-electron chi connectivity index (χ3n) is 6.10. The number of likely N-dealkylation sites (tertiary alicyclic amines) is 1. The molecule has 1 aliphatic heterocycles. The minimum atomic E-state index is 0.255. The van der Waals surface area contributed by atoms with Crippen LogP contribution < -0.4 is 0 Å². The zero-order valence-electron chi connectivity index (χ0n) is 14.3. The van der Waals surface area contributed by atoms with Crippen LogP contribution in [-0.2, 0) is 4.79 Å². The van der Waals surface area contributed by atoms with Crippen molar-refractivity contribution in [1.82, 2.24) is 25.1 Å². The van der Waals surface area contributed by atoms with Crippen LogP contribution in [-0.4, -0.2) is 49.9 Å². The summed E-state index contributed by atoms with van der Waals surface area (Å²) in [5.41, 5.74) is 0. The van der Waals surface area contributed by atoms with Crippen LogP contribution in [0.5, 0.6) is 0 Å². The van der Waals surface area contributed by atoms with E-state index >= 15 is 0 Å². The van der Waals surface area contributed by atoms with E-state index in [1.807, 2.05) is 4.68 Å². The van der Waals surface area contributed by atoms with E-state index in [0.29, 0.717) is 11.8 Å². The van der Waals surface area contributed by atoms with E-state index in [2.05, 4.69) is 20.4 Å². The number of amides is 1. The molecule has 4 rings (SSSR count). The maximum Gasteiger partial charge on any atom is 0.233 e. The summed E-state index contributed by atoms with van der Waals surface area (Å²) in [6.07, 6.45) is 11.4. The van der Waals surface area contributed by atoms with Gasteiger partial charge in [-0.15, -0.1) is 5.10 Å². The fourth-order valence-electron chi connectivity index (χ4n) is 4.70. The lowest BCUT2D eigenvalue weighted by Gasteiger charge is -2.41. The van der Waals surface area contributed by atoms with Crippen LogP contribution in [0.3, 0.4) is 0 Å². The Balaban J connectivity index is 1.31. The summed E-state index contributed by atoms with van der Waals surface area (Å²) in [4.78, 5) is 14.7. The Kier molecular flexibility index (Phi) is 5.06. The number of hydrogen-bond donors (Lipinski definition) is 0. The lowest BCUT2D eigenvalue weighted by molar-refractivity contribution is -0.131. The summed E-state index contributed by atoms with van der Waals surface area (Å²) < 4.78 is 1.94. The van der Waals surface area contributed by atoms with E-state index < -0.39 is 0 Å². The molecule has 2 saturated carbocycles. The highest BCUT2D eigenvalue weighted by Gasteiger charge is 2.33. The van der Waals surface area contributed by atoms with Gasteiger partial charge in [0.05, 0.1) is 11.8 Å². The summed E-state index contributed by atoms with van der Waals surface area (Å²) in [5.74, 6) is 2.32. The molecule has 132 valence electrons. The summed E-state index contributed by atoms with van der Waals surface area (Å²) in [6, 6.07) is 0.426. The minimum Gasteiger partial charge on any atom is -0.342 e. The first-order chi connectivity index (χ1) is 11.8. The molecule has 7 heteroatoms. The molecule has 0 bridgehead atoms. The van der Waals surface area contributed by atoms with Crippen molar-refractivity contribution in [2.24, 2.45) is 11.8 Å². The number of aromatic nitrogens is 4. The lowest BCUT2D eigenvalue weighted by Crippen LogP contribution is -2.45. The predicted octanol–water partition coefficient (Wildman–Crippen LogP) is 2.92. The zero-order chi connectivity index (χ0) is 16.4. The van der Waals surface area contributed by atoms with Crippen LogP contribution in [0.25, 0.3) is 0 Å². The summed E-state index contributed by atoms with van der Waals surface area (Å²) in [6.45, 7) is 1.91. The van der Waals surface area contributed by atoms with E-state index in [0.717, 1.165) is 42.9 Å². The second-order valence-electron chi connectivity index (χ2n) is 7.57. The number of thioether (sulfide) groups is 1. The Morgan fingerprint density at radius 3 is 2.62 bits per heavy atom. The third kappa shape index (κ3) is 3.46. The number of tetrazole rings is 1. The van der Waals surface area contributed by atoms with Gasteiger partial charge in [0, 0.05) is 13.1 Å². The Bertz CT molecular complexity index is 571. The molecule has 3 fully saturated rings. The van der Waals surface area contributed by atoms with E-state index in [1.165, 1.54) is 56.7 Å². The van der Waals surface area contributed by atoms with Gasteiger partial charge in [0.1, 0.15) is 0 Å². The number of piperidine rings is 1. The fraction of sp³-hybridized carbons (Fsp3) is 0.882. The number of carbonyl (C=O) groups excluding carboxylic acids is 1. The second kappa shape index (κ2) is 7.42. The second-order valence-corrected chi connectivity index (χ2v) is 8.51. The molecule has 2 aliphatic carbocycles. The van der Waals surface area contributed by atoms with Crippen molar-refractivity contribution < 1.29 is 4.79 Å². The van der Waals surface area contributed by atoms with Crippen molar-refractivity contribution in [3.8, 4) is 0 Å². The van der Waals surface area contributed by atoms with Crippen LogP contribution in [0.15, 0.2) is 5.16 Å². The first-order valence-electron chi connectivity index (χ1n) is 9.49. The summed E-state index contributed by atoms with van der Waals surface area (Å²) >= 11 is 1.51. The van der Waals surface area contributed by atoms with Crippen LogP contribution in [0, 0.1) is 11.8 Å². The van der Waals surface area contributed by atoms with Gasteiger partial charge in [-0.2, -0.15) is 0 Å². The van der Waals surface area contributed by atoms with Crippen molar-refractivity contribution >= 4 is 17.7 Å². The standard InChI is InChI=1S/C17H27N5OS/c23-16(21-10-9-13-5-1-2-6-14(13)11-21)12-24-17-18-19-20-22(17)15-7-3-4-8-15/h13-15H,1-12H2/t13-,14+/m0/s1. The fourth-order valence-corrected chi connectivity index (χ4v) is 5.55. The average molecular weight is 350 g/mol. The lowest BCUT2D eigenvalue weighted by atomic mass is 9.75. The molecule has 24 heavy (non-hydrogen) atoms. The predicted molar refractivity (Wildman–Crippen MR) is 92.7 cm³/mol. The van der Waals surface area contributed by atoms with Gasteiger partial charge in [-0.05, 0) is 47.9 Å². The molecule has 1 saturated heterocycles. The maximum absolute atomic E-state index is 12.6. The van der Waals surface area contributed by atoms with Gasteiger partial charge in [0.25, 0.3) is 0 Å². The average Bonchev–Trinajstić information content (AvgIpc) is 3.30. The van der Waals surface area contributed by atoms with Crippen molar-refractivity contribution in [2.45, 2.75) is 69.0 Å². The van der Waals surface area contributed by atoms with Crippen LogP contribution in [0.4, 0.5) is 0 Å². The van der Waals surface area contributed by atoms with E-state index in [9.17, 15) is 4.79 Å². The summed E-state index contributed by atoms with van der Waals surface area (Å²) in [5, 5.41) is 12.9. The Morgan fingerprint density at radius 1 is 1.04 bits per heavy atom. The maximum atomic E-state index is 12.6. The van der Waals surface area contributed by atoms with Crippen molar-refractivity contribution in [1.29, 1.82) is 0 Å². The van der Waals surface area contributed by atoms with Crippen LogP contribution in [0.1, 0.15) is 63.8 Å². The molecule has 6 nitrogen and oxygen atoms in total. The SMILES string of the molecule is O=C(CSc1nnnn1C1CCCC1)N1CC[C@@H]2CCCC[C@@H]2C1. The van der Waals surface area contributed by atoms with Gasteiger partial charge in [-0.25, -0.2) is 4.68 Å². The number of rotatable bonds is 4. The van der Waals surface area contributed by atoms with Gasteiger partial charge < -0.3 is 4.90 Å². The van der Waals surface area contributed by atoms with Gasteiger partial charge in [-0.3, -0.25) is 4.79 Å². The highest BCUT2D eigenvalue weighted by atomic mass is 32.2. The number of nitrogens with zero attached hydrogens (tertiary/aromatic N) is 5. The van der Waals surface area contributed by atoms with E-state index in [-0.39, 0.29) is 5.91 Å².